The minimum Gasteiger partial charge on any atom is -0.446 e. The Morgan fingerprint density at radius 3 is 2.44 bits per heavy atom. The molecule has 7 heteroatoms. The molecule has 178 valence electrons. The number of oxazole rings is 1. The maximum absolute atomic E-state index is 12.7. The molecule has 0 atom stereocenters. The van der Waals surface area contributed by atoms with Gasteiger partial charge in [0, 0.05) is 39.4 Å². The fourth-order valence-corrected chi connectivity index (χ4v) is 4.20. The Balaban J connectivity index is 1.49. The van der Waals surface area contributed by atoms with Crippen LogP contribution in [-0.4, -0.2) is 32.1 Å². The Morgan fingerprint density at radius 1 is 1.03 bits per heavy atom. The van der Waals surface area contributed by atoms with Crippen LogP contribution in [-0.2, 0) is 25.9 Å². The molecule has 0 saturated heterocycles. The Bertz CT molecular complexity index is 1290. The van der Waals surface area contributed by atoms with E-state index in [2.05, 4.69) is 34.7 Å². The zero-order valence-electron chi connectivity index (χ0n) is 20.6. The normalized spacial score (nSPS) is 11.2. The van der Waals surface area contributed by atoms with Crippen molar-refractivity contribution in [3.63, 3.8) is 0 Å². The monoisotopic (exact) mass is 460 g/mol. The number of aromatic nitrogens is 3. The summed E-state index contributed by atoms with van der Waals surface area (Å²) in [5, 5.41) is 0. The lowest BCUT2D eigenvalue weighted by Crippen LogP contribution is -2.32. The van der Waals surface area contributed by atoms with E-state index >= 15 is 0 Å². The predicted molar refractivity (Wildman–Crippen MR) is 132 cm³/mol. The Labute approximate surface area is 200 Å². The molecule has 0 unspecified atom stereocenters. The summed E-state index contributed by atoms with van der Waals surface area (Å²) < 4.78 is 13.4. The van der Waals surface area contributed by atoms with Crippen molar-refractivity contribution in [3.8, 4) is 5.75 Å². The first-order chi connectivity index (χ1) is 16.4. The van der Waals surface area contributed by atoms with Gasteiger partial charge in [0.1, 0.15) is 17.3 Å². The van der Waals surface area contributed by atoms with E-state index in [0.29, 0.717) is 24.7 Å². The number of hydrogen-bond acceptors (Lipinski definition) is 5. The molecule has 0 N–H and O–H groups in total. The quantitative estimate of drug-likeness (QED) is 0.333. The average Bonchev–Trinajstić information content (AvgIpc) is 3.34. The van der Waals surface area contributed by atoms with Gasteiger partial charge in [-0.25, -0.2) is 14.8 Å². The molecule has 0 radical (unpaired) electrons. The number of aryl methyl sites for hydroxylation is 6. The van der Waals surface area contributed by atoms with E-state index in [0.717, 1.165) is 58.8 Å². The van der Waals surface area contributed by atoms with E-state index in [1.165, 1.54) is 0 Å². The van der Waals surface area contributed by atoms with Gasteiger partial charge in [-0.1, -0.05) is 23.8 Å². The minimum absolute atomic E-state index is 0.357. The highest BCUT2D eigenvalue weighted by molar-refractivity contribution is 5.77. The fraction of sp³-hybridized carbons (Fsp3) is 0.370. The van der Waals surface area contributed by atoms with Crippen LogP contribution in [0.25, 0.3) is 11.0 Å². The van der Waals surface area contributed by atoms with Crippen LogP contribution in [0.3, 0.4) is 0 Å². The second-order valence-corrected chi connectivity index (χ2v) is 8.53. The summed E-state index contributed by atoms with van der Waals surface area (Å²) in [5.41, 5.74) is 5.16. The number of fused-ring (bicyclic) bond motifs is 1. The molecule has 0 fully saturated rings. The Hall–Kier alpha value is -3.61. The summed E-state index contributed by atoms with van der Waals surface area (Å²) in [6.45, 7) is 11.8. The predicted octanol–water partition coefficient (Wildman–Crippen LogP) is 5.78. The number of ether oxygens (including phenoxy) is 1. The summed E-state index contributed by atoms with van der Waals surface area (Å²) in [6, 6.07) is 13.7. The maximum Gasteiger partial charge on any atom is 0.415 e. The highest BCUT2D eigenvalue weighted by Gasteiger charge is 2.17. The lowest BCUT2D eigenvalue weighted by atomic mass is 10.2. The fourth-order valence-electron chi connectivity index (χ4n) is 4.20. The maximum atomic E-state index is 12.7. The van der Waals surface area contributed by atoms with Crippen LogP contribution in [0, 0.1) is 20.8 Å². The smallest absolute Gasteiger partial charge is 0.415 e. The first-order valence-electron chi connectivity index (χ1n) is 11.8. The van der Waals surface area contributed by atoms with Crippen LogP contribution in [0.15, 0.2) is 46.9 Å². The molecule has 4 aromatic rings. The summed E-state index contributed by atoms with van der Waals surface area (Å²) in [4.78, 5) is 23.8. The number of amides is 1. The average molecular weight is 461 g/mol. The summed E-state index contributed by atoms with van der Waals surface area (Å²) in [7, 11) is 0. The van der Waals surface area contributed by atoms with Crippen molar-refractivity contribution in [1.82, 2.24) is 19.4 Å². The van der Waals surface area contributed by atoms with Crippen molar-refractivity contribution >= 4 is 17.1 Å². The van der Waals surface area contributed by atoms with E-state index in [1.54, 1.807) is 4.90 Å². The third kappa shape index (κ3) is 5.14. The van der Waals surface area contributed by atoms with Crippen LogP contribution < -0.4 is 4.74 Å². The molecule has 2 heterocycles. The number of hydrogen-bond donors (Lipinski definition) is 0. The number of benzene rings is 2. The topological polar surface area (TPSA) is 73.4 Å². The number of rotatable bonds is 8. The van der Waals surface area contributed by atoms with Gasteiger partial charge in [0.05, 0.1) is 16.7 Å². The van der Waals surface area contributed by atoms with Crippen molar-refractivity contribution < 1.29 is 13.9 Å². The molecule has 2 aromatic carbocycles. The Kier molecular flexibility index (Phi) is 7.01. The van der Waals surface area contributed by atoms with Gasteiger partial charge >= 0.3 is 6.09 Å². The van der Waals surface area contributed by atoms with E-state index in [4.69, 9.17) is 14.1 Å². The SMILES string of the molecule is CCN(Cc1ccc2c(c1)nc(CCc1nc(C)oc1C)n2CC)C(=O)Oc1ccc(C)cc1. The van der Waals surface area contributed by atoms with Crippen LogP contribution in [0.5, 0.6) is 5.75 Å². The molecule has 0 aliphatic rings. The standard InChI is InChI=1S/C27H32N4O3/c1-6-30(27(32)34-22-11-8-18(3)9-12-22)17-21-10-14-25-24(16-21)29-26(31(25)7-2)15-13-23-19(4)33-20(5)28-23/h8-12,14,16H,6-7,13,15,17H2,1-5H3. The lowest BCUT2D eigenvalue weighted by Gasteiger charge is -2.20. The zero-order chi connectivity index (χ0) is 24.2. The van der Waals surface area contributed by atoms with Gasteiger partial charge < -0.3 is 18.6 Å². The number of nitrogens with zero attached hydrogens (tertiary/aromatic N) is 4. The lowest BCUT2D eigenvalue weighted by molar-refractivity contribution is 0.152. The van der Waals surface area contributed by atoms with Gasteiger partial charge in [0.15, 0.2) is 5.89 Å². The first kappa shape index (κ1) is 23.5. The highest BCUT2D eigenvalue weighted by Crippen LogP contribution is 2.22. The first-order valence-corrected chi connectivity index (χ1v) is 11.8. The van der Waals surface area contributed by atoms with Crippen LogP contribution in [0.4, 0.5) is 4.79 Å². The summed E-state index contributed by atoms with van der Waals surface area (Å²) in [5.74, 6) is 3.15. The van der Waals surface area contributed by atoms with Crippen LogP contribution in [0.1, 0.15) is 48.1 Å². The van der Waals surface area contributed by atoms with Gasteiger partial charge in [0.2, 0.25) is 0 Å². The van der Waals surface area contributed by atoms with Gasteiger partial charge in [-0.3, -0.25) is 0 Å². The summed E-state index contributed by atoms with van der Waals surface area (Å²) >= 11 is 0. The summed E-state index contributed by atoms with van der Waals surface area (Å²) in [6.07, 6.45) is 1.21. The minimum atomic E-state index is -0.357. The Morgan fingerprint density at radius 2 is 1.79 bits per heavy atom. The van der Waals surface area contributed by atoms with Crippen molar-refractivity contribution in [2.75, 3.05) is 6.54 Å². The van der Waals surface area contributed by atoms with E-state index < -0.39 is 0 Å². The molecule has 1 amide bonds. The van der Waals surface area contributed by atoms with Crippen molar-refractivity contribution in [3.05, 3.63) is 76.8 Å². The third-order valence-corrected chi connectivity index (χ3v) is 6.03. The molecule has 0 spiro atoms. The van der Waals surface area contributed by atoms with Crippen molar-refractivity contribution in [2.45, 2.75) is 60.5 Å². The second kappa shape index (κ2) is 10.1. The molecular weight excluding hydrogens is 428 g/mol. The highest BCUT2D eigenvalue weighted by atomic mass is 16.6. The second-order valence-electron chi connectivity index (χ2n) is 8.53. The van der Waals surface area contributed by atoms with Gasteiger partial charge in [-0.05, 0) is 57.5 Å². The molecule has 0 bridgehead atoms. The zero-order valence-corrected chi connectivity index (χ0v) is 20.6. The van der Waals surface area contributed by atoms with Crippen LogP contribution >= 0.6 is 0 Å². The molecule has 0 aliphatic heterocycles. The van der Waals surface area contributed by atoms with Gasteiger partial charge in [-0.2, -0.15) is 0 Å². The molecule has 0 aliphatic carbocycles. The third-order valence-electron chi connectivity index (χ3n) is 6.03. The molecule has 7 nitrogen and oxygen atoms in total. The van der Waals surface area contributed by atoms with Crippen LogP contribution in [0.2, 0.25) is 0 Å². The molecule has 0 saturated carbocycles. The number of imidazole rings is 1. The van der Waals surface area contributed by atoms with E-state index in [-0.39, 0.29) is 6.09 Å². The van der Waals surface area contributed by atoms with Crippen molar-refractivity contribution in [2.24, 2.45) is 0 Å². The molecule has 34 heavy (non-hydrogen) atoms. The van der Waals surface area contributed by atoms with Gasteiger partial charge in [-0.15, -0.1) is 0 Å². The number of carbonyl (C=O) groups excluding carboxylic acids is 1. The van der Waals surface area contributed by atoms with Gasteiger partial charge in [0.25, 0.3) is 0 Å². The molecule has 4 rings (SSSR count). The van der Waals surface area contributed by atoms with E-state index in [1.807, 2.05) is 52.0 Å². The molecule has 2 aromatic heterocycles. The number of carbonyl (C=O) groups is 1. The molecular formula is C27H32N4O3. The van der Waals surface area contributed by atoms with E-state index in [9.17, 15) is 4.79 Å². The largest absolute Gasteiger partial charge is 0.446 e. The van der Waals surface area contributed by atoms with Crippen molar-refractivity contribution in [1.29, 1.82) is 0 Å².